The zero-order valence-electron chi connectivity index (χ0n) is 16.3. The van der Waals surface area contributed by atoms with Gasteiger partial charge in [-0.3, -0.25) is 14.5 Å². The summed E-state index contributed by atoms with van der Waals surface area (Å²) in [6.45, 7) is 8.48. The minimum Gasteiger partial charge on any atom is -0.369 e. The van der Waals surface area contributed by atoms with Gasteiger partial charge in [-0.25, -0.2) is 0 Å². The Morgan fingerprint density at radius 1 is 1.30 bits per heavy atom. The zero-order valence-corrected chi connectivity index (χ0v) is 17.1. The van der Waals surface area contributed by atoms with Crippen molar-refractivity contribution < 1.29 is 4.79 Å². The number of piperazine rings is 1. The van der Waals surface area contributed by atoms with E-state index in [9.17, 15) is 4.79 Å². The first-order valence-electron chi connectivity index (χ1n) is 9.46. The second-order valence-corrected chi connectivity index (χ2v) is 7.51. The average Bonchev–Trinajstić information content (AvgIpc) is 2.98. The molecule has 2 N–H and O–H groups in total. The third-order valence-electron chi connectivity index (χ3n) is 4.97. The zero-order chi connectivity index (χ0) is 19.4. The van der Waals surface area contributed by atoms with Crippen molar-refractivity contribution in [1.82, 2.24) is 19.7 Å². The van der Waals surface area contributed by atoms with Crippen LogP contribution < -0.4 is 10.2 Å². The van der Waals surface area contributed by atoms with Gasteiger partial charge in [0.05, 0.1) is 0 Å². The van der Waals surface area contributed by atoms with Gasteiger partial charge >= 0.3 is 0 Å². The Kier molecular flexibility index (Phi) is 6.28. The molecule has 0 bridgehead atoms. The lowest BCUT2D eigenvalue weighted by Crippen LogP contribution is -2.44. The van der Waals surface area contributed by atoms with Crippen molar-refractivity contribution in [2.24, 2.45) is 0 Å². The molecule has 8 heteroatoms. The summed E-state index contributed by atoms with van der Waals surface area (Å²) in [5.41, 5.74) is 3.11. The number of hydrogen-bond donors (Lipinski definition) is 2. The Morgan fingerprint density at radius 2 is 2.04 bits per heavy atom. The first kappa shape index (κ1) is 19.6. The van der Waals surface area contributed by atoms with Crippen molar-refractivity contribution >= 4 is 29.5 Å². The van der Waals surface area contributed by atoms with Gasteiger partial charge in [0.1, 0.15) is 12.4 Å². The number of amides is 1. The lowest BCUT2D eigenvalue weighted by molar-refractivity contribution is -0.116. The number of hydrogen-bond acceptors (Lipinski definition) is 5. The molecular weight excluding hydrogens is 360 g/mol. The third-order valence-corrected chi connectivity index (χ3v) is 5.28. The summed E-state index contributed by atoms with van der Waals surface area (Å²) in [5, 5.41) is 9.99. The third kappa shape index (κ3) is 4.75. The highest BCUT2D eigenvalue weighted by Gasteiger charge is 2.16. The molecule has 7 nitrogen and oxygen atoms in total. The molecule has 0 aliphatic carbocycles. The van der Waals surface area contributed by atoms with Gasteiger partial charge in [0.25, 0.3) is 0 Å². The van der Waals surface area contributed by atoms with E-state index < -0.39 is 0 Å². The van der Waals surface area contributed by atoms with Crippen LogP contribution >= 0.6 is 12.2 Å². The first-order chi connectivity index (χ1) is 13.0. The van der Waals surface area contributed by atoms with Crippen LogP contribution in [-0.2, 0) is 17.8 Å². The van der Waals surface area contributed by atoms with Crippen molar-refractivity contribution in [1.29, 1.82) is 0 Å². The van der Waals surface area contributed by atoms with Crippen LogP contribution in [-0.4, -0.2) is 58.8 Å². The van der Waals surface area contributed by atoms with Crippen LogP contribution in [0, 0.1) is 11.7 Å². The largest absolute Gasteiger partial charge is 0.369 e. The molecule has 146 valence electrons. The highest BCUT2D eigenvalue weighted by Crippen LogP contribution is 2.23. The van der Waals surface area contributed by atoms with Crippen LogP contribution in [0.3, 0.4) is 0 Å². The maximum absolute atomic E-state index is 12.5. The van der Waals surface area contributed by atoms with Gasteiger partial charge in [-0.1, -0.05) is 6.92 Å². The number of anilines is 2. The van der Waals surface area contributed by atoms with E-state index in [0.29, 0.717) is 4.77 Å². The van der Waals surface area contributed by atoms with E-state index in [1.165, 1.54) is 5.69 Å². The minimum atomic E-state index is -0.0969. The number of aryl methyl sites for hydroxylation is 2. The standard InChI is InChI=1S/C19H28N6OS/c1-4-5-17-21-22-19(27)25(17)13-18(26)20-16-7-6-15(12-14(16)2)24-10-8-23(3)9-11-24/h6-7,12H,4-5,8-11,13H2,1-3H3,(H,20,26)(H,22,27). The molecular formula is C19H28N6OS. The summed E-state index contributed by atoms with van der Waals surface area (Å²) in [5.74, 6) is 0.722. The number of nitrogens with zero attached hydrogens (tertiary/aromatic N) is 4. The molecule has 3 rings (SSSR count). The van der Waals surface area contributed by atoms with Crippen molar-refractivity contribution in [3.05, 3.63) is 34.4 Å². The van der Waals surface area contributed by atoms with E-state index in [1.807, 2.05) is 13.0 Å². The minimum absolute atomic E-state index is 0.0969. The number of carbonyl (C=O) groups excluding carboxylic acids is 1. The van der Waals surface area contributed by atoms with Crippen LogP contribution in [0.25, 0.3) is 0 Å². The molecule has 0 unspecified atom stereocenters. The summed E-state index contributed by atoms with van der Waals surface area (Å²) in [7, 11) is 2.15. The average molecular weight is 389 g/mol. The Hall–Kier alpha value is -2.19. The number of nitrogens with one attached hydrogen (secondary N) is 2. The summed E-state index contributed by atoms with van der Waals surface area (Å²) >= 11 is 5.25. The fraction of sp³-hybridized carbons (Fsp3) is 0.526. The van der Waals surface area contributed by atoms with Crippen molar-refractivity contribution in [2.45, 2.75) is 33.2 Å². The van der Waals surface area contributed by atoms with Crippen molar-refractivity contribution in [3.63, 3.8) is 0 Å². The molecule has 1 saturated heterocycles. The highest BCUT2D eigenvalue weighted by molar-refractivity contribution is 7.71. The predicted molar refractivity (Wildman–Crippen MR) is 111 cm³/mol. The summed E-state index contributed by atoms with van der Waals surface area (Å²) < 4.78 is 2.25. The second-order valence-electron chi connectivity index (χ2n) is 7.12. The summed E-state index contributed by atoms with van der Waals surface area (Å²) in [6.07, 6.45) is 1.74. The number of benzene rings is 1. The van der Waals surface area contributed by atoms with Crippen molar-refractivity contribution in [2.75, 3.05) is 43.4 Å². The molecule has 0 atom stereocenters. The van der Waals surface area contributed by atoms with Crippen LogP contribution in [0.4, 0.5) is 11.4 Å². The maximum atomic E-state index is 12.5. The number of aromatic amines is 1. The molecule has 1 fully saturated rings. The van der Waals surface area contributed by atoms with Gasteiger partial charge in [-0.15, -0.1) is 0 Å². The van der Waals surface area contributed by atoms with E-state index in [-0.39, 0.29) is 12.5 Å². The number of aromatic nitrogens is 3. The monoisotopic (exact) mass is 388 g/mol. The van der Waals surface area contributed by atoms with Gasteiger partial charge in [-0.2, -0.15) is 5.10 Å². The Morgan fingerprint density at radius 3 is 2.70 bits per heavy atom. The van der Waals surface area contributed by atoms with Gasteiger partial charge in [-0.05, 0) is 56.4 Å². The Labute approximate surface area is 165 Å². The highest BCUT2D eigenvalue weighted by atomic mass is 32.1. The van der Waals surface area contributed by atoms with Crippen LogP contribution in [0.2, 0.25) is 0 Å². The lowest BCUT2D eigenvalue weighted by atomic mass is 10.1. The molecule has 1 aromatic heterocycles. The molecule has 2 heterocycles. The SMILES string of the molecule is CCCc1n[nH]c(=S)n1CC(=O)Nc1ccc(N2CCN(C)CC2)cc1C. The van der Waals surface area contributed by atoms with E-state index in [1.54, 1.807) is 4.57 Å². The topological polar surface area (TPSA) is 69.2 Å². The fourth-order valence-corrected chi connectivity index (χ4v) is 3.53. The van der Waals surface area contributed by atoms with Crippen LogP contribution in [0.15, 0.2) is 18.2 Å². The normalized spacial score (nSPS) is 15.1. The summed E-state index contributed by atoms with van der Waals surface area (Å²) in [4.78, 5) is 17.3. The van der Waals surface area contributed by atoms with Gasteiger partial charge in [0.2, 0.25) is 5.91 Å². The number of likely N-dealkylation sites (N-methyl/N-ethyl adjacent to an activating group) is 1. The van der Waals surface area contributed by atoms with Crippen LogP contribution in [0.5, 0.6) is 0 Å². The predicted octanol–water partition coefficient (Wildman–Crippen LogP) is 2.59. The first-order valence-corrected chi connectivity index (χ1v) is 9.87. The fourth-order valence-electron chi connectivity index (χ4n) is 3.31. The number of rotatable bonds is 6. The number of H-pyrrole nitrogens is 1. The van der Waals surface area contributed by atoms with Crippen molar-refractivity contribution in [3.8, 4) is 0 Å². The Bertz CT molecular complexity index is 850. The smallest absolute Gasteiger partial charge is 0.244 e. The lowest BCUT2D eigenvalue weighted by Gasteiger charge is -2.34. The second kappa shape index (κ2) is 8.67. The van der Waals surface area contributed by atoms with E-state index in [4.69, 9.17) is 12.2 Å². The van der Waals surface area contributed by atoms with Gasteiger partial charge in [0.15, 0.2) is 4.77 Å². The van der Waals surface area contributed by atoms with Gasteiger partial charge in [0, 0.05) is 44.0 Å². The Balaban J connectivity index is 1.66. The van der Waals surface area contributed by atoms with E-state index >= 15 is 0 Å². The van der Waals surface area contributed by atoms with E-state index in [0.717, 1.165) is 56.1 Å². The molecule has 1 amide bonds. The molecule has 0 radical (unpaired) electrons. The quantitative estimate of drug-likeness (QED) is 0.745. The van der Waals surface area contributed by atoms with Gasteiger partial charge < -0.3 is 15.1 Å². The van der Waals surface area contributed by atoms with Crippen LogP contribution in [0.1, 0.15) is 24.7 Å². The van der Waals surface area contributed by atoms with E-state index in [2.05, 4.69) is 51.4 Å². The molecule has 1 aromatic carbocycles. The number of carbonyl (C=O) groups is 1. The molecule has 27 heavy (non-hydrogen) atoms. The molecule has 1 aliphatic rings. The molecule has 0 saturated carbocycles. The molecule has 0 spiro atoms. The molecule has 1 aliphatic heterocycles. The summed E-state index contributed by atoms with van der Waals surface area (Å²) in [6, 6.07) is 6.22. The molecule has 2 aromatic rings. The maximum Gasteiger partial charge on any atom is 0.244 e.